The van der Waals surface area contributed by atoms with E-state index in [0.29, 0.717) is 6.61 Å². The number of H-pyrrole nitrogens is 1. The van der Waals surface area contributed by atoms with Gasteiger partial charge in [-0.2, -0.15) is 5.10 Å². The molecule has 0 amide bonds. The van der Waals surface area contributed by atoms with E-state index in [1.165, 1.54) is 4.88 Å². The van der Waals surface area contributed by atoms with Crippen LogP contribution in [0.15, 0.2) is 41.9 Å². The molecule has 0 aliphatic heterocycles. The Bertz CT molecular complexity index is 601. The summed E-state index contributed by atoms with van der Waals surface area (Å²) in [6, 6.07) is 10.2. The minimum Gasteiger partial charge on any atom is -0.493 e. The fourth-order valence-electron chi connectivity index (χ4n) is 1.73. The van der Waals surface area contributed by atoms with Gasteiger partial charge in [-0.1, -0.05) is 6.07 Å². The first-order valence-corrected chi connectivity index (χ1v) is 6.38. The highest BCUT2D eigenvalue weighted by molar-refractivity contribution is 7.09. The van der Waals surface area contributed by atoms with E-state index in [0.717, 1.165) is 23.1 Å². The van der Waals surface area contributed by atoms with Crippen LogP contribution < -0.4 is 4.74 Å². The van der Waals surface area contributed by atoms with Crippen molar-refractivity contribution in [2.75, 3.05) is 6.61 Å². The minimum absolute atomic E-state index is 0.712. The molecule has 0 radical (unpaired) electrons. The quantitative estimate of drug-likeness (QED) is 0.765. The summed E-state index contributed by atoms with van der Waals surface area (Å²) in [5, 5.41) is 10.1. The maximum Gasteiger partial charge on any atom is 0.120 e. The van der Waals surface area contributed by atoms with Gasteiger partial charge in [0.2, 0.25) is 0 Å². The first-order valence-electron chi connectivity index (χ1n) is 5.50. The molecule has 0 spiro atoms. The fourth-order valence-corrected chi connectivity index (χ4v) is 2.43. The molecule has 3 nitrogen and oxygen atoms in total. The van der Waals surface area contributed by atoms with Crippen LogP contribution in [0.25, 0.3) is 10.9 Å². The third-order valence-corrected chi connectivity index (χ3v) is 3.55. The van der Waals surface area contributed by atoms with Gasteiger partial charge in [0.15, 0.2) is 0 Å². The molecular weight excluding hydrogens is 232 g/mol. The van der Waals surface area contributed by atoms with Gasteiger partial charge >= 0.3 is 0 Å². The van der Waals surface area contributed by atoms with Gasteiger partial charge in [0, 0.05) is 16.7 Å². The van der Waals surface area contributed by atoms with Gasteiger partial charge in [-0.25, -0.2) is 0 Å². The fraction of sp³-hybridized carbons (Fsp3) is 0.154. The largest absolute Gasteiger partial charge is 0.493 e. The van der Waals surface area contributed by atoms with Crippen LogP contribution in [0.2, 0.25) is 0 Å². The van der Waals surface area contributed by atoms with E-state index in [-0.39, 0.29) is 0 Å². The Hall–Kier alpha value is -1.81. The predicted molar refractivity (Wildman–Crippen MR) is 69.6 cm³/mol. The van der Waals surface area contributed by atoms with E-state index in [1.54, 1.807) is 11.3 Å². The number of rotatable bonds is 4. The third-order valence-electron chi connectivity index (χ3n) is 2.61. The number of nitrogens with one attached hydrogen (secondary N) is 1. The summed E-state index contributed by atoms with van der Waals surface area (Å²) in [7, 11) is 0. The van der Waals surface area contributed by atoms with Gasteiger partial charge in [-0.3, -0.25) is 5.10 Å². The van der Waals surface area contributed by atoms with Crippen LogP contribution in [-0.2, 0) is 6.42 Å². The number of thiophene rings is 1. The molecule has 1 aromatic carbocycles. The van der Waals surface area contributed by atoms with Crippen LogP contribution in [0.1, 0.15) is 4.88 Å². The van der Waals surface area contributed by atoms with E-state index in [1.807, 2.05) is 24.4 Å². The highest BCUT2D eigenvalue weighted by Gasteiger charge is 1.99. The summed E-state index contributed by atoms with van der Waals surface area (Å²) in [6.07, 6.45) is 2.77. The monoisotopic (exact) mass is 244 g/mol. The minimum atomic E-state index is 0.712. The summed E-state index contributed by atoms with van der Waals surface area (Å²) in [4.78, 5) is 1.36. The molecule has 0 unspecified atom stereocenters. The molecule has 0 aliphatic carbocycles. The van der Waals surface area contributed by atoms with Crippen LogP contribution in [0.5, 0.6) is 5.75 Å². The van der Waals surface area contributed by atoms with Crippen LogP contribution >= 0.6 is 11.3 Å². The van der Waals surface area contributed by atoms with Crippen molar-refractivity contribution >= 4 is 22.2 Å². The normalized spacial score (nSPS) is 10.8. The molecule has 0 atom stereocenters. The summed E-state index contributed by atoms with van der Waals surface area (Å²) < 4.78 is 5.72. The molecule has 0 saturated carbocycles. The molecule has 86 valence electrons. The van der Waals surface area contributed by atoms with E-state index in [2.05, 4.69) is 27.7 Å². The second kappa shape index (κ2) is 4.59. The summed E-state index contributed by atoms with van der Waals surface area (Å²) in [5.41, 5.74) is 1.04. The summed E-state index contributed by atoms with van der Waals surface area (Å²) in [6.45, 7) is 0.712. The van der Waals surface area contributed by atoms with Gasteiger partial charge in [-0.15, -0.1) is 11.3 Å². The predicted octanol–water partition coefficient (Wildman–Crippen LogP) is 3.25. The van der Waals surface area contributed by atoms with E-state index in [4.69, 9.17) is 4.74 Å². The Labute approximate surface area is 103 Å². The molecule has 2 heterocycles. The lowest BCUT2D eigenvalue weighted by Gasteiger charge is -2.04. The van der Waals surface area contributed by atoms with Gasteiger partial charge in [0.25, 0.3) is 0 Å². The van der Waals surface area contributed by atoms with Crippen LogP contribution in [0, 0.1) is 0 Å². The smallest absolute Gasteiger partial charge is 0.120 e. The van der Waals surface area contributed by atoms with Crippen molar-refractivity contribution in [3.63, 3.8) is 0 Å². The SMILES string of the molecule is c1csc(CCOc2ccc3[nH]ncc3c2)c1. The third kappa shape index (κ3) is 2.31. The van der Waals surface area contributed by atoms with Crippen molar-refractivity contribution in [2.45, 2.75) is 6.42 Å². The van der Waals surface area contributed by atoms with Crippen molar-refractivity contribution < 1.29 is 4.74 Å². The lowest BCUT2D eigenvalue weighted by atomic mass is 10.2. The number of fused-ring (bicyclic) bond motifs is 1. The van der Waals surface area contributed by atoms with E-state index in [9.17, 15) is 0 Å². The first kappa shape index (κ1) is 10.4. The zero-order valence-electron chi connectivity index (χ0n) is 9.22. The number of hydrogen-bond acceptors (Lipinski definition) is 3. The molecule has 0 saturated heterocycles. The van der Waals surface area contributed by atoms with Gasteiger partial charge in [0.05, 0.1) is 18.3 Å². The van der Waals surface area contributed by atoms with E-state index < -0.39 is 0 Å². The average Bonchev–Trinajstić information content (AvgIpc) is 2.98. The zero-order chi connectivity index (χ0) is 11.5. The molecular formula is C13H12N2OS. The number of nitrogens with zero attached hydrogens (tertiary/aromatic N) is 1. The van der Waals surface area contributed by atoms with Gasteiger partial charge in [0.1, 0.15) is 5.75 Å². The molecule has 2 aromatic heterocycles. The second-order valence-corrected chi connectivity index (χ2v) is 4.83. The van der Waals surface area contributed by atoms with Crippen molar-refractivity contribution in [3.8, 4) is 5.75 Å². The molecule has 17 heavy (non-hydrogen) atoms. The summed E-state index contributed by atoms with van der Waals surface area (Å²) >= 11 is 1.77. The van der Waals surface area contributed by atoms with Crippen LogP contribution in [0.3, 0.4) is 0 Å². The first-order chi connectivity index (χ1) is 8.42. The van der Waals surface area contributed by atoms with Crippen molar-refractivity contribution in [3.05, 3.63) is 46.8 Å². The number of benzene rings is 1. The molecule has 1 N–H and O–H groups in total. The Kier molecular flexibility index (Phi) is 2.80. The highest BCUT2D eigenvalue weighted by Crippen LogP contribution is 2.19. The number of aromatic nitrogens is 2. The highest BCUT2D eigenvalue weighted by atomic mass is 32.1. The van der Waals surface area contributed by atoms with Crippen LogP contribution in [-0.4, -0.2) is 16.8 Å². The number of aromatic amines is 1. The van der Waals surface area contributed by atoms with Crippen LogP contribution in [0.4, 0.5) is 0 Å². The molecule has 0 bridgehead atoms. The van der Waals surface area contributed by atoms with Gasteiger partial charge in [-0.05, 0) is 29.6 Å². The molecule has 0 aliphatic rings. The van der Waals surface area contributed by atoms with E-state index >= 15 is 0 Å². The Balaban J connectivity index is 1.64. The molecule has 3 aromatic rings. The maximum atomic E-state index is 5.72. The summed E-state index contributed by atoms with van der Waals surface area (Å²) in [5.74, 6) is 0.899. The number of hydrogen-bond donors (Lipinski definition) is 1. The Morgan fingerprint density at radius 3 is 3.18 bits per heavy atom. The standard InChI is InChI=1S/C13H12N2OS/c1-2-12(17-7-1)5-6-16-11-3-4-13-10(8-11)9-14-15-13/h1-4,7-9H,5-6H2,(H,14,15). The molecule has 3 rings (SSSR count). The average molecular weight is 244 g/mol. The Morgan fingerprint density at radius 2 is 2.29 bits per heavy atom. The lowest BCUT2D eigenvalue weighted by Crippen LogP contribution is -1.99. The molecule has 4 heteroatoms. The Morgan fingerprint density at radius 1 is 1.29 bits per heavy atom. The number of ether oxygens (including phenoxy) is 1. The maximum absolute atomic E-state index is 5.72. The second-order valence-electron chi connectivity index (χ2n) is 3.80. The van der Waals surface area contributed by atoms with Gasteiger partial charge < -0.3 is 4.74 Å². The van der Waals surface area contributed by atoms with Crippen molar-refractivity contribution in [1.82, 2.24) is 10.2 Å². The van der Waals surface area contributed by atoms with Crippen molar-refractivity contribution in [2.24, 2.45) is 0 Å². The van der Waals surface area contributed by atoms with Crippen molar-refractivity contribution in [1.29, 1.82) is 0 Å². The lowest BCUT2D eigenvalue weighted by molar-refractivity contribution is 0.323. The molecule has 0 fully saturated rings. The zero-order valence-corrected chi connectivity index (χ0v) is 10.0. The topological polar surface area (TPSA) is 37.9 Å².